The van der Waals surface area contributed by atoms with Crippen LogP contribution in [-0.4, -0.2) is 15.1 Å². The lowest BCUT2D eigenvalue weighted by Gasteiger charge is -2.17. The molecule has 0 atom stereocenters. The third kappa shape index (κ3) is 7.36. The topological polar surface area (TPSA) is 153 Å². The normalized spacial score (nSPS) is 10.6. The van der Waals surface area contributed by atoms with E-state index in [1.165, 1.54) is 9.48 Å². The first-order valence-electron chi connectivity index (χ1n) is 2.85. The third-order valence-corrected chi connectivity index (χ3v) is 0.842. The molecule has 0 aliphatic heterocycles. The van der Waals surface area contributed by atoms with Gasteiger partial charge in [-0.25, -0.2) is 18.6 Å². The van der Waals surface area contributed by atoms with Gasteiger partial charge in [-0.05, 0) is 0 Å². The van der Waals surface area contributed by atoms with E-state index >= 15 is 0 Å². The molecular weight excluding hydrogens is 206 g/mol. The lowest BCUT2D eigenvalue weighted by molar-refractivity contribution is -2.00. The predicted molar refractivity (Wildman–Crippen MR) is 26.6 cm³/mol. The van der Waals surface area contributed by atoms with E-state index in [2.05, 4.69) is 10.3 Å². The minimum atomic E-state index is -4.94. The highest BCUT2D eigenvalue weighted by atomic mass is 35.7. The molecule has 76 valence electrons. The van der Waals surface area contributed by atoms with Crippen LogP contribution < -0.4 is 29.1 Å². The van der Waals surface area contributed by atoms with E-state index in [9.17, 15) is 0 Å². The van der Waals surface area contributed by atoms with Gasteiger partial charge in [-0.3, -0.25) is 0 Å². The molecule has 0 unspecified atom stereocenters. The molecular formula is C3H8ClN5O4. The Morgan fingerprint density at radius 3 is 1.85 bits per heavy atom. The van der Waals surface area contributed by atoms with Gasteiger partial charge in [0.1, 0.15) is 7.05 Å². The van der Waals surface area contributed by atoms with Crippen LogP contribution in [0.25, 0.3) is 0 Å². The molecule has 0 bridgehead atoms. The first-order valence-corrected chi connectivity index (χ1v) is 4.08. The summed E-state index contributed by atoms with van der Waals surface area (Å²) in [5, 5.41) is 7.56. The quantitative estimate of drug-likeness (QED) is 0.420. The number of halogens is 1. The van der Waals surface area contributed by atoms with Crippen molar-refractivity contribution in [1.29, 1.82) is 0 Å². The molecule has 1 heterocycles. The summed E-state index contributed by atoms with van der Waals surface area (Å²) in [6.07, 6.45) is 0. The van der Waals surface area contributed by atoms with Gasteiger partial charge >= 0.3 is 5.95 Å². The highest BCUT2D eigenvalue weighted by Crippen LogP contribution is 1.74. The molecule has 0 aromatic carbocycles. The molecule has 1 aromatic heterocycles. The summed E-state index contributed by atoms with van der Waals surface area (Å²) >= 11 is 0. The average molecular weight is 214 g/mol. The van der Waals surface area contributed by atoms with Gasteiger partial charge in [-0.1, -0.05) is 4.80 Å². The van der Waals surface area contributed by atoms with Crippen LogP contribution in [0.1, 0.15) is 0 Å². The maximum absolute atomic E-state index is 8.49. The van der Waals surface area contributed by atoms with Gasteiger partial charge in [0.05, 0.1) is 12.1 Å². The van der Waals surface area contributed by atoms with E-state index in [1.807, 2.05) is 0 Å². The van der Waals surface area contributed by atoms with Crippen molar-refractivity contribution in [2.24, 2.45) is 14.1 Å². The monoisotopic (exact) mass is 213 g/mol. The highest BCUT2D eigenvalue weighted by molar-refractivity contribution is 4.97. The van der Waals surface area contributed by atoms with Crippen molar-refractivity contribution in [3.8, 4) is 0 Å². The third-order valence-electron chi connectivity index (χ3n) is 0.842. The zero-order valence-corrected chi connectivity index (χ0v) is 7.63. The van der Waals surface area contributed by atoms with Crippen molar-refractivity contribution >= 4 is 5.95 Å². The van der Waals surface area contributed by atoms with Gasteiger partial charge in [0.25, 0.3) is 0 Å². The molecule has 0 saturated heterocycles. The second-order valence-electron chi connectivity index (χ2n) is 1.94. The van der Waals surface area contributed by atoms with E-state index in [1.54, 1.807) is 14.1 Å². The number of nitrogens with two attached hydrogens (primary N) is 1. The fourth-order valence-corrected chi connectivity index (χ4v) is 0.473. The molecule has 0 saturated carbocycles. The Bertz CT molecular complexity index is 244. The number of anilines is 1. The van der Waals surface area contributed by atoms with Crippen molar-refractivity contribution in [1.82, 2.24) is 15.1 Å². The summed E-state index contributed by atoms with van der Waals surface area (Å²) in [5.41, 5.74) is 5.31. The van der Waals surface area contributed by atoms with Crippen LogP contribution in [0, 0.1) is 10.2 Å². The first-order chi connectivity index (χ1) is 5.70. The average Bonchev–Trinajstić information content (AvgIpc) is 2.05. The SMILES string of the molecule is Cn1nc(N)[n+](C)n1.[O-][Cl+3]([O-])([O-])[O-]. The van der Waals surface area contributed by atoms with Crippen LogP contribution in [0.2, 0.25) is 0 Å². The number of aryl methyl sites for hydroxylation is 2. The van der Waals surface area contributed by atoms with Crippen LogP contribution in [0.15, 0.2) is 0 Å². The van der Waals surface area contributed by atoms with E-state index in [0.717, 1.165) is 0 Å². The Morgan fingerprint density at radius 2 is 1.77 bits per heavy atom. The maximum atomic E-state index is 8.49. The summed E-state index contributed by atoms with van der Waals surface area (Å²) in [5.74, 6) is 0.424. The Labute approximate surface area is 75.3 Å². The Kier molecular flexibility index (Phi) is 3.97. The molecule has 0 spiro atoms. The molecule has 1 rings (SSSR count). The summed E-state index contributed by atoms with van der Waals surface area (Å²) < 4.78 is 35.5. The van der Waals surface area contributed by atoms with E-state index in [-0.39, 0.29) is 0 Å². The van der Waals surface area contributed by atoms with Crippen LogP contribution in [0.5, 0.6) is 0 Å². The van der Waals surface area contributed by atoms with E-state index < -0.39 is 10.2 Å². The van der Waals surface area contributed by atoms with Crippen molar-refractivity contribution in [2.75, 3.05) is 5.73 Å². The zero-order chi connectivity index (χ0) is 10.6. The summed E-state index contributed by atoms with van der Waals surface area (Å²) in [6, 6.07) is 0. The van der Waals surface area contributed by atoms with E-state index in [0.29, 0.717) is 5.95 Å². The second kappa shape index (κ2) is 4.30. The fourth-order valence-electron chi connectivity index (χ4n) is 0.473. The molecule has 1 aromatic rings. The molecule has 13 heavy (non-hydrogen) atoms. The van der Waals surface area contributed by atoms with Gasteiger partial charge in [0.2, 0.25) is 0 Å². The van der Waals surface area contributed by atoms with Gasteiger partial charge in [0, 0.05) is 5.21 Å². The summed E-state index contributed by atoms with van der Waals surface area (Å²) in [4.78, 5) is 1.41. The van der Waals surface area contributed by atoms with E-state index in [4.69, 9.17) is 24.4 Å². The van der Waals surface area contributed by atoms with Gasteiger partial charge in [-0.2, -0.15) is 0 Å². The van der Waals surface area contributed by atoms with Gasteiger partial charge < -0.3 is 5.73 Å². The minimum absolute atomic E-state index is 0.424. The number of nitrogens with zero attached hydrogens (tertiary/aromatic N) is 4. The lowest BCUT2D eigenvalue weighted by Crippen LogP contribution is -2.68. The first kappa shape index (κ1) is 12.0. The summed E-state index contributed by atoms with van der Waals surface area (Å²) in [7, 11) is -1.49. The number of aromatic nitrogens is 4. The minimum Gasteiger partial charge on any atom is -0.304 e. The van der Waals surface area contributed by atoms with Crippen LogP contribution >= 0.6 is 0 Å². The largest absolute Gasteiger partial charge is 0.395 e. The van der Waals surface area contributed by atoms with Crippen LogP contribution in [-0.2, 0) is 14.1 Å². The van der Waals surface area contributed by atoms with Gasteiger partial charge in [-0.15, -0.1) is 14.9 Å². The molecule has 0 radical (unpaired) electrons. The maximum Gasteiger partial charge on any atom is 0.395 e. The van der Waals surface area contributed by atoms with Crippen molar-refractivity contribution in [3.05, 3.63) is 0 Å². The fraction of sp³-hybridized carbons (Fsp3) is 0.667. The number of hydrogen-bond acceptors (Lipinski definition) is 7. The molecule has 9 nitrogen and oxygen atoms in total. The van der Waals surface area contributed by atoms with Crippen molar-refractivity contribution in [2.45, 2.75) is 0 Å². The molecule has 0 fully saturated rings. The Balaban J connectivity index is 0.000000252. The zero-order valence-electron chi connectivity index (χ0n) is 6.88. The second-order valence-corrected chi connectivity index (χ2v) is 2.69. The molecule has 0 aliphatic rings. The van der Waals surface area contributed by atoms with Crippen LogP contribution in [0.4, 0.5) is 5.95 Å². The summed E-state index contributed by atoms with van der Waals surface area (Å²) in [6.45, 7) is 0. The molecule has 10 heteroatoms. The predicted octanol–water partition coefficient (Wildman–Crippen LogP) is -6.53. The standard InChI is InChI=1S/C3H8N5.ClHO4/c1-7-3(4)5-8(2)6-7;2-1(3,4)5/h1-2H3,(H2,4,5,6);(H,2,3,4,5)/q+1;/p-1. The lowest BCUT2D eigenvalue weighted by atomic mass is 11.0. The Hall–Kier alpha value is -1.00. The number of nitrogen functional groups attached to an aromatic ring is 1. The van der Waals surface area contributed by atoms with Crippen molar-refractivity contribution in [3.63, 3.8) is 0 Å². The number of tetrazole rings is 1. The number of hydrogen-bond donors (Lipinski definition) is 1. The van der Waals surface area contributed by atoms with Gasteiger partial charge in [0.15, 0.2) is 0 Å². The Morgan fingerprint density at radius 1 is 1.38 bits per heavy atom. The van der Waals surface area contributed by atoms with Crippen LogP contribution in [0.3, 0.4) is 0 Å². The molecule has 2 N–H and O–H groups in total. The number of rotatable bonds is 0. The highest BCUT2D eigenvalue weighted by Gasteiger charge is 2.03. The molecule has 0 aliphatic carbocycles. The molecule has 0 amide bonds. The smallest absolute Gasteiger partial charge is 0.304 e. The van der Waals surface area contributed by atoms with Crippen molar-refractivity contribution < 1.29 is 33.6 Å².